The largest absolute Gasteiger partial charge is 0.412 e. The van der Waals surface area contributed by atoms with E-state index in [4.69, 9.17) is 0 Å². The van der Waals surface area contributed by atoms with E-state index in [2.05, 4.69) is 10.0 Å². The van der Waals surface area contributed by atoms with Crippen LogP contribution in [-0.4, -0.2) is 39.3 Å². The lowest BCUT2D eigenvalue weighted by atomic mass is 10.1. The van der Waals surface area contributed by atoms with Crippen LogP contribution in [-0.2, 0) is 10.0 Å². The van der Waals surface area contributed by atoms with Gasteiger partial charge in [-0.05, 0) is 25.9 Å². The minimum atomic E-state index is -3.00. The van der Waals surface area contributed by atoms with Crippen molar-refractivity contribution in [1.29, 1.82) is 0 Å². The van der Waals surface area contributed by atoms with Gasteiger partial charge in [-0.25, -0.2) is 13.1 Å². The van der Waals surface area contributed by atoms with Crippen LogP contribution in [0.15, 0.2) is 0 Å². The first kappa shape index (κ1) is 15.6. The highest BCUT2D eigenvalue weighted by molar-refractivity contribution is 7.88. The van der Waals surface area contributed by atoms with Crippen LogP contribution >= 0.6 is 12.4 Å². The second-order valence-corrected chi connectivity index (χ2v) is 4.69. The van der Waals surface area contributed by atoms with Crippen molar-refractivity contribution < 1.29 is 13.9 Å². The SMILES string of the molecule is CS(=O)(=O)NC1CCNCC1.Cl.O. The van der Waals surface area contributed by atoms with Gasteiger partial charge >= 0.3 is 0 Å². The average Bonchev–Trinajstić information content (AvgIpc) is 1.85. The molecule has 7 heteroatoms. The van der Waals surface area contributed by atoms with Crippen molar-refractivity contribution in [2.24, 2.45) is 0 Å². The number of hydrogen-bond acceptors (Lipinski definition) is 3. The van der Waals surface area contributed by atoms with Crippen molar-refractivity contribution in [2.45, 2.75) is 18.9 Å². The fraction of sp³-hybridized carbons (Fsp3) is 1.00. The zero-order chi connectivity index (χ0) is 8.32. The summed E-state index contributed by atoms with van der Waals surface area (Å²) in [5.41, 5.74) is 0. The zero-order valence-corrected chi connectivity index (χ0v) is 9.17. The van der Waals surface area contributed by atoms with E-state index in [0.717, 1.165) is 25.9 Å². The molecule has 0 amide bonds. The molecule has 1 rings (SSSR count). The maximum Gasteiger partial charge on any atom is 0.208 e. The quantitative estimate of drug-likeness (QED) is 0.632. The Hall–Kier alpha value is 0.120. The molecule has 1 aliphatic heterocycles. The van der Waals surface area contributed by atoms with Crippen molar-refractivity contribution in [3.8, 4) is 0 Å². The Bertz CT molecular complexity index is 214. The van der Waals surface area contributed by atoms with Gasteiger partial charge in [0.25, 0.3) is 0 Å². The monoisotopic (exact) mass is 232 g/mol. The summed E-state index contributed by atoms with van der Waals surface area (Å²) in [7, 11) is -3.00. The fourth-order valence-corrected chi connectivity index (χ4v) is 2.08. The van der Waals surface area contributed by atoms with Crippen molar-refractivity contribution >= 4 is 22.4 Å². The third kappa shape index (κ3) is 7.21. The summed E-state index contributed by atoms with van der Waals surface area (Å²) in [5.74, 6) is 0. The van der Waals surface area contributed by atoms with Crippen LogP contribution in [0.25, 0.3) is 0 Å². The molecular weight excluding hydrogens is 216 g/mol. The Kier molecular flexibility index (Phi) is 7.86. The highest BCUT2D eigenvalue weighted by Crippen LogP contribution is 2.02. The van der Waals surface area contributed by atoms with Crippen LogP contribution in [0, 0.1) is 0 Å². The van der Waals surface area contributed by atoms with Crippen molar-refractivity contribution in [2.75, 3.05) is 19.3 Å². The van der Waals surface area contributed by atoms with Gasteiger partial charge in [0.2, 0.25) is 10.0 Å². The molecule has 1 fully saturated rings. The van der Waals surface area contributed by atoms with E-state index < -0.39 is 10.0 Å². The van der Waals surface area contributed by atoms with Crippen LogP contribution in [0.2, 0.25) is 0 Å². The van der Waals surface area contributed by atoms with Crippen LogP contribution in [0.4, 0.5) is 0 Å². The van der Waals surface area contributed by atoms with Crippen molar-refractivity contribution in [3.05, 3.63) is 0 Å². The molecule has 1 aliphatic rings. The van der Waals surface area contributed by atoms with Gasteiger partial charge in [0.1, 0.15) is 0 Å². The van der Waals surface area contributed by atoms with Crippen LogP contribution in [0.3, 0.4) is 0 Å². The molecule has 1 heterocycles. The third-order valence-electron chi connectivity index (χ3n) is 1.72. The molecule has 5 nitrogen and oxygen atoms in total. The van der Waals surface area contributed by atoms with E-state index in [1.54, 1.807) is 0 Å². The van der Waals surface area contributed by atoms with Gasteiger partial charge in [-0.3, -0.25) is 0 Å². The minimum Gasteiger partial charge on any atom is -0.412 e. The molecule has 0 aliphatic carbocycles. The summed E-state index contributed by atoms with van der Waals surface area (Å²) in [6.45, 7) is 1.82. The highest BCUT2D eigenvalue weighted by atomic mass is 35.5. The third-order valence-corrected chi connectivity index (χ3v) is 2.48. The number of nitrogens with one attached hydrogen (secondary N) is 2. The molecule has 4 N–H and O–H groups in total. The second-order valence-electron chi connectivity index (χ2n) is 2.91. The van der Waals surface area contributed by atoms with Gasteiger partial charge in [0, 0.05) is 6.04 Å². The first-order valence-electron chi connectivity index (χ1n) is 3.76. The number of hydrogen-bond donors (Lipinski definition) is 2. The lowest BCUT2D eigenvalue weighted by molar-refractivity contribution is 0.428. The number of halogens is 1. The molecule has 0 unspecified atom stereocenters. The van der Waals surface area contributed by atoms with E-state index >= 15 is 0 Å². The lowest BCUT2D eigenvalue weighted by Crippen LogP contribution is -2.42. The predicted octanol–water partition coefficient (Wildman–Crippen LogP) is -1.12. The highest BCUT2D eigenvalue weighted by Gasteiger charge is 2.15. The summed E-state index contributed by atoms with van der Waals surface area (Å²) < 4.78 is 24.1. The number of rotatable bonds is 2. The summed E-state index contributed by atoms with van der Waals surface area (Å²) in [6, 6.07) is 0.145. The molecule has 0 saturated carbocycles. The van der Waals surface area contributed by atoms with E-state index in [0.29, 0.717) is 0 Å². The molecule has 0 spiro atoms. The first-order valence-corrected chi connectivity index (χ1v) is 5.65. The molecule has 0 aromatic heterocycles. The lowest BCUT2D eigenvalue weighted by Gasteiger charge is -2.22. The van der Waals surface area contributed by atoms with Crippen LogP contribution < -0.4 is 10.0 Å². The van der Waals surface area contributed by atoms with Gasteiger partial charge in [-0.2, -0.15) is 0 Å². The Morgan fingerprint density at radius 3 is 2.15 bits per heavy atom. The van der Waals surface area contributed by atoms with Crippen molar-refractivity contribution in [1.82, 2.24) is 10.0 Å². The summed E-state index contributed by atoms with van der Waals surface area (Å²) >= 11 is 0. The van der Waals surface area contributed by atoms with Gasteiger partial charge < -0.3 is 10.8 Å². The van der Waals surface area contributed by atoms with Gasteiger partial charge in [-0.15, -0.1) is 12.4 Å². The van der Waals surface area contributed by atoms with Crippen LogP contribution in [0.1, 0.15) is 12.8 Å². The molecule has 1 saturated heterocycles. The molecule has 0 bridgehead atoms. The minimum absolute atomic E-state index is 0. The smallest absolute Gasteiger partial charge is 0.208 e. The van der Waals surface area contributed by atoms with E-state index in [1.165, 1.54) is 6.26 Å². The maximum absolute atomic E-state index is 10.8. The second kappa shape index (κ2) is 6.56. The van der Waals surface area contributed by atoms with E-state index in [9.17, 15) is 8.42 Å². The molecule has 13 heavy (non-hydrogen) atoms. The molecule has 0 atom stereocenters. The average molecular weight is 233 g/mol. The van der Waals surface area contributed by atoms with Crippen molar-refractivity contribution in [3.63, 3.8) is 0 Å². The topological polar surface area (TPSA) is 89.7 Å². The Morgan fingerprint density at radius 2 is 1.77 bits per heavy atom. The first-order chi connectivity index (χ1) is 5.08. The fourth-order valence-electron chi connectivity index (χ4n) is 1.24. The Morgan fingerprint density at radius 1 is 1.31 bits per heavy atom. The summed E-state index contributed by atoms with van der Waals surface area (Å²) in [4.78, 5) is 0. The van der Waals surface area contributed by atoms with Gasteiger partial charge in [0.15, 0.2) is 0 Å². The standard InChI is InChI=1S/C6H14N2O2S.ClH.H2O/c1-11(9,10)8-6-2-4-7-5-3-6;;/h6-8H,2-5H2,1H3;1H;1H2. The Labute approximate surface area is 85.1 Å². The van der Waals surface area contributed by atoms with E-state index in [1.807, 2.05) is 0 Å². The molecule has 0 aromatic carbocycles. The molecule has 0 aromatic rings. The number of piperidine rings is 1. The zero-order valence-electron chi connectivity index (χ0n) is 7.54. The van der Waals surface area contributed by atoms with Gasteiger partial charge in [-0.1, -0.05) is 0 Å². The summed E-state index contributed by atoms with van der Waals surface area (Å²) in [5, 5.41) is 3.17. The van der Waals surface area contributed by atoms with Gasteiger partial charge in [0.05, 0.1) is 6.26 Å². The van der Waals surface area contributed by atoms with E-state index in [-0.39, 0.29) is 23.9 Å². The molecule has 82 valence electrons. The maximum atomic E-state index is 10.8. The molecule has 0 radical (unpaired) electrons. The normalized spacial score (nSPS) is 18.5. The predicted molar refractivity (Wildman–Crippen MR) is 54.7 cm³/mol. The summed E-state index contributed by atoms with van der Waals surface area (Å²) in [6.07, 6.45) is 3.00. The number of sulfonamides is 1. The van der Waals surface area contributed by atoms with Crippen LogP contribution in [0.5, 0.6) is 0 Å². The Balaban J connectivity index is 0. The molecular formula is C6H17ClN2O3S.